The van der Waals surface area contributed by atoms with Gasteiger partial charge in [-0.3, -0.25) is 9.59 Å². The molecule has 1 saturated heterocycles. The zero-order valence-electron chi connectivity index (χ0n) is 10.4. The standard InChI is InChI=1S/C11H18N4O3/c1-2-8(16)14-5-6-15(7-14)9(17)11(3-4-11)13-10(12)18/h2-7H2,1H3,(H3,12,13,18). The summed E-state index contributed by atoms with van der Waals surface area (Å²) in [5.74, 6) is -0.0919. The first kappa shape index (κ1) is 12.7. The molecule has 3 N–H and O–H groups in total. The van der Waals surface area contributed by atoms with Gasteiger partial charge in [0.05, 0.1) is 6.67 Å². The van der Waals surface area contributed by atoms with Crippen LogP contribution in [0.3, 0.4) is 0 Å². The van der Waals surface area contributed by atoms with E-state index in [1.807, 2.05) is 0 Å². The maximum absolute atomic E-state index is 12.2. The second-order valence-corrected chi connectivity index (χ2v) is 4.79. The van der Waals surface area contributed by atoms with E-state index in [-0.39, 0.29) is 11.8 Å². The van der Waals surface area contributed by atoms with Crippen molar-refractivity contribution in [3.63, 3.8) is 0 Å². The van der Waals surface area contributed by atoms with Crippen molar-refractivity contribution in [1.29, 1.82) is 0 Å². The summed E-state index contributed by atoms with van der Waals surface area (Å²) in [4.78, 5) is 37.9. The largest absolute Gasteiger partial charge is 0.352 e. The minimum Gasteiger partial charge on any atom is -0.352 e. The van der Waals surface area contributed by atoms with E-state index < -0.39 is 11.6 Å². The molecule has 1 aliphatic heterocycles. The van der Waals surface area contributed by atoms with Gasteiger partial charge in [-0.25, -0.2) is 4.79 Å². The lowest BCUT2D eigenvalue weighted by atomic mass is 10.2. The molecule has 1 heterocycles. The number of nitrogens with one attached hydrogen (secondary N) is 1. The number of nitrogens with zero attached hydrogens (tertiary/aromatic N) is 2. The Morgan fingerprint density at radius 3 is 2.33 bits per heavy atom. The van der Waals surface area contributed by atoms with Gasteiger partial charge < -0.3 is 20.9 Å². The van der Waals surface area contributed by atoms with E-state index in [1.165, 1.54) is 0 Å². The lowest BCUT2D eigenvalue weighted by Crippen LogP contribution is -2.52. The average Bonchev–Trinajstić information content (AvgIpc) is 2.93. The highest BCUT2D eigenvalue weighted by Gasteiger charge is 2.53. The summed E-state index contributed by atoms with van der Waals surface area (Å²) in [5.41, 5.74) is 4.26. The molecular formula is C11H18N4O3. The Labute approximate surface area is 105 Å². The number of primary amides is 1. The summed E-state index contributed by atoms with van der Waals surface area (Å²) in [5, 5.41) is 2.51. The highest BCUT2D eigenvalue weighted by Crippen LogP contribution is 2.37. The molecule has 1 aliphatic carbocycles. The van der Waals surface area contributed by atoms with Crippen molar-refractivity contribution in [1.82, 2.24) is 15.1 Å². The van der Waals surface area contributed by atoms with Gasteiger partial charge in [0.15, 0.2) is 0 Å². The first-order valence-electron chi connectivity index (χ1n) is 6.13. The summed E-state index contributed by atoms with van der Waals surface area (Å²) < 4.78 is 0. The van der Waals surface area contributed by atoms with Gasteiger partial charge in [-0.1, -0.05) is 6.92 Å². The van der Waals surface area contributed by atoms with Gasteiger partial charge in [-0.2, -0.15) is 0 Å². The molecule has 0 bridgehead atoms. The van der Waals surface area contributed by atoms with E-state index in [0.717, 1.165) is 0 Å². The Kier molecular flexibility index (Phi) is 3.14. The van der Waals surface area contributed by atoms with Crippen molar-refractivity contribution in [2.45, 2.75) is 31.7 Å². The summed E-state index contributed by atoms with van der Waals surface area (Å²) in [6.45, 7) is 3.19. The molecule has 0 unspecified atom stereocenters. The second-order valence-electron chi connectivity index (χ2n) is 4.79. The van der Waals surface area contributed by atoms with Gasteiger partial charge in [-0.05, 0) is 12.8 Å². The van der Waals surface area contributed by atoms with Crippen molar-refractivity contribution in [3.05, 3.63) is 0 Å². The maximum atomic E-state index is 12.2. The average molecular weight is 254 g/mol. The van der Waals surface area contributed by atoms with Gasteiger partial charge in [0, 0.05) is 19.5 Å². The summed E-state index contributed by atoms with van der Waals surface area (Å²) in [6, 6.07) is -0.679. The Morgan fingerprint density at radius 2 is 1.83 bits per heavy atom. The highest BCUT2D eigenvalue weighted by atomic mass is 16.2. The van der Waals surface area contributed by atoms with Gasteiger partial charge in [0.1, 0.15) is 5.54 Å². The van der Waals surface area contributed by atoms with Crippen LogP contribution in [0.5, 0.6) is 0 Å². The van der Waals surface area contributed by atoms with E-state index in [1.54, 1.807) is 16.7 Å². The molecule has 2 fully saturated rings. The molecule has 18 heavy (non-hydrogen) atoms. The number of urea groups is 1. The first-order valence-corrected chi connectivity index (χ1v) is 6.13. The number of rotatable bonds is 3. The number of carbonyl (C=O) groups is 3. The van der Waals surface area contributed by atoms with Crippen LogP contribution in [-0.4, -0.2) is 52.9 Å². The van der Waals surface area contributed by atoms with Gasteiger partial charge in [-0.15, -0.1) is 0 Å². The highest BCUT2D eigenvalue weighted by molar-refractivity contribution is 5.94. The summed E-state index contributed by atoms with van der Waals surface area (Å²) in [6.07, 6.45) is 1.67. The SMILES string of the molecule is CCC(=O)N1CCN(C(=O)C2(NC(N)=O)CC2)C1. The Morgan fingerprint density at radius 1 is 1.22 bits per heavy atom. The minimum atomic E-state index is -0.808. The van der Waals surface area contributed by atoms with Crippen LogP contribution >= 0.6 is 0 Å². The van der Waals surface area contributed by atoms with Crippen LogP contribution in [0.15, 0.2) is 0 Å². The fraction of sp³-hybridized carbons (Fsp3) is 0.727. The summed E-state index contributed by atoms with van der Waals surface area (Å²) in [7, 11) is 0. The molecule has 0 atom stereocenters. The van der Waals surface area contributed by atoms with Gasteiger partial charge in [0.2, 0.25) is 11.8 Å². The Hall–Kier alpha value is -1.79. The molecule has 4 amide bonds. The van der Waals surface area contributed by atoms with Crippen molar-refractivity contribution in [2.24, 2.45) is 5.73 Å². The molecule has 1 saturated carbocycles. The van der Waals surface area contributed by atoms with Crippen LogP contribution in [0.25, 0.3) is 0 Å². The maximum Gasteiger partial charge on any atom is 0.313 e. The van der Waals surface area contributed by atoms with Crippen molar-refractivity contribution in [3.8, 4) is 0 Å². The normalized spacial score (nSPS) is 20.7. The van der Waals surface area contributed by atoms with E-state index in [2.05, 4.69) is 5.32 Å². The number of carbonyl (C=O) groups excluding carboxylic acids is 3. The second kappa shape index (κ2) is 4.47. The van der Waals surface area contributed by atoms with Crippen LogP contribution in [0.2, 0.25) is 0 Å². The molecule has 0 radical (unpaired) electrons. The van der Waals surface area contributed by atoms with E-state index >= 15 is 0 Å². The van der Waals surface area contributed by atoms with E-state index in [9.17, 15) is 14.4 Å². The number of amides is 4. The van der Waals surface area contributed by atoms with Crippen molar-refractivity contribution in [2.75, 3.05) is 19.8 Å². The predicted octanol–water partition coefficient (Wildman–Crippen LogP) is -0.774. The van der Waals surface area contributed by atoms with Gasteiger partial charge >= 0.3 is 6.03 Å². The van der Waals surface area contributed by atoms with E-state index in [4.69, 9.17) is 5.73 Å². The number of hydrogen-bond acceptors (Lipinski definition) is 3. The van der Waals surface area contributed by atoms with Crippen LogP contribution in [-0.2, 0) is 9.59 Å². The first-order chi connectivity index (χ1) is 8.48. The number of hydrogen-bond donors (Lipinski definition) is 2. The topological polar surface area (TPSA) is 95.7 Å². The molecule has 0 spiro atoms. The van der Waals surface area contributed by atoms with Crippen LogP contribution in [0, 0.1) is 0 Å². The number of nitrogens with two attached hydrogens (primary N) is 1. The fourth-order valence-electron chi connectivity index (χ4n) is 2.24. The fourth-order valence-corrected chi connectivity index (χ4v) is 2.24. The van der Waals surface area contributed by atoms with Crippen LogP contribution in [0.1, 0.15) is 26.2 Å². The van der Waals surface area contributed by atoms with Crippen LogP contribution < -0.4 is 11.1 Å². The molecule has 2 aliphatic rings. The van der Waals surface area contributed by atoms with E-state index in [0.29, 0.717) is 39.0 Å². The zero-order chi connectivity index (χ0) is 13.3. The minimum absolute atomic E-state index is 0.0398. The molecule has 7 nitrogen and oxygen atoms in total. The van der Waals surface area contributed by atoms with Crippen molar-refractivity contribution < 1.29 is 14.4 Å². The Balaban J connectivity index is 1.95. The smallest absolute Gasteiger partial charge is 0.313 e. The molecule has 2 rings (SSSR count). The lowest BCUT2D eigenvalue weighted by molar-refractivity contribution is -0.136. The third-order valence-corrected chi connectivity index (χ3v) is 3.45. The van der Waals surface area contributed by atoms with Crippen LogP contribution in [0.4, 0.5) is 4.79 Å². The third-order valence-electron chi connectivity index (χ3n) is 3.45. The molecule has 7 heteroatoms. The molecule has 0 aromatic rings. The van der Waals surface area contributed by atoms with Gasteiger partial charge in [0.25, 0.3) is 0 Å². The molecule has 0 aromatic heterocycles. The third kappa shape index (κ3) is 2.25. The molecule has 0 aromatic carbocycles. The Bertz CT molecular complexity index is 392. The molecular weight excluding hydrogens is 236 g/mol. The zero-order valence-corrected chi connectivity index (χ0v) is 10.4. The molecule has 100 valence electrons. The monoisotopic (exact) mass is 254 g/mol. The predicted molar refractivity (Wildman–Crippen MR) is 63.3 cm³/mol. The quantitative estimate of drug-likeness (QED) is 0.692. The van der Waals surface area contributed by atoms with Crippen molar-refractivity contribution >= 4 is 17.8 Å². The summed E-state index contributed by atoms with van der Waals surface area (Å²) >= 11 is 0. The lowest BCUT2D eigenvalue weighted by Gasteiger charge is -2.23.